The summed E-state index contributed by atoms with van der Waals surface area (Å²) in [4.78, 5) is 0. The van der Waals surface area contributed by atoms with Gasteiger partial charge in [0.1, 0.15) is 0 Å². The van der Waals surface area contributed by atoms with Gasteiger partial charge in [-0.3, -0.25) is 0 Å². The molecule has 0 spiro atoms. The van der Waals surface area contributed by atoms with Crippen molar-refractivity contribution >= 4 is 33.2 Å². The van der Waals surface area contributed by atoms with Crippen LogP contribution in [0.25, 0.3) is 10.1 Å². The minimum atomic E-state index is 0.185. The van der Waals surface area contributed by atoms with Gasteiger partial charge in [0.2, 0.25) is 0 Å². The molecule has 1 heterocycles. The average Bonchev–Trinajstić information content (AvgIpc) is 2.46. The van der Waals surface area contributed by atoms with Crippen LogP contribution in [0.15, 0.2) is 18.2 Å². The highest BCUT2D eigenvalue weighted by atomic mass is 35.5. The number of rotatable bonds is 0. The highest BCUT2D eigenvalue weighted by Crippen LogP contribution is 2.31. The Kier molecular flexibility index (Phi) is 2.28. The monoisotopic (exact) mass is 225 g/mol. The van der Waals surface area contributed by atoms with Crippen molar-refractivity contribution in [3.63, 3.8) is 0 Å². The summed E-state index contributed by atoms with van der Waals surface area (Å²) in [6, 6.07) is 6.36. The molecule has 0 aliphatic heterocycles. The maximum absolute atomic E-state index is 5.94. The first-order valence-electron chi connectivity index (χ1n) is 4.54. The number of fused-ring (bicyclic) bond motifs is 1. The molecule has 3 heteroatoms. The van der Waals surface area contributed by atoms with E-state index in [1.165, 1.54) is 21.8 Å². The van der Waals surface area contributed by atoms with Crippen LogP contribution in [0.4, 0.5) is 0 Å². The summed E-state index contributed by atoms with van der Waals surface area (Å²) < 4.78 is 5.29. The molecule has 1 aromatic carbocycles. The molecular formula is C11H12ClNS. The number of halogens is 1. The van der Waals surface area contributed by atoms with E-state index in [0.29, 0.717) is 5.15 Å². The fourth-order valence-electron chi connectivity index (χ4n) is 1.37. The number of benzene rings is 1. The maximum atomic E-state index is 5.94. The van der Waals surface area contributed by atoms with E-state index in [1.807, 2.05) is 0 Å². The molecule has 1 aromatic heterocycles. The molecule has 1 nitrogen and oxygen atoms in total. The lowest BCUT2D eigenvalue weighted by atomic mass is 9.87. The van der Waals surface area contributed by atoms with Crippen molar-refractivity contribution in [2.45, 2.75) is 26.2 Å². The zero-order valence-electron chi connectivity index (χ0n) is 8.47. The van der Waals surface area contributed by atoms with Gasteiger partial charge >= 0.3 is 0 Å². The Morgan fingerprint density at radius 1 is 1.29 bits per heavy atom. The van der Waals surface area contributed by atoms with Gasteiger partial charge in [-0.15, -0.1) is 0 Å². The first kappa shape index (κ1) is 9.94. The Morgan fingerprint density at radius 2 is 2.00 bits per heavy atom. The molecule has 0 radical (unpaired) electrons. The van der Waals surface area contributed by atoms with Gasteiger partial charge < -0.3 is 0 Å². The molecule has 14 heavy (non-hydrogen) atoms. The van der Waals surface area contributed by atoms with E-state index in [-0.39, 0.29) is 5.41 Å². The Bertz CT molecular complexity index is 468. The second-order valence-corrected chi connectivity index (χ2v) is 5.60. The molecule has 0 atom stereocenters. The second-order valence-electron chi connectivity index (χ2n) is 4.43. The van der Waals surface area contributed by atoms with Crippen molar-refractivity contribution < 1.29 is 0 Å². The summed E-state index contributed by atoms with van der Waals surface area (Å²) in [6.45, 7) is 6.62. The van der Waals surface area contributed by atoms with Crippen molar-refractivity contribution in [1.82, 2.24) is 4.37 Å². The first-order valence-corrected chi connectivity index (χ1v) is 5.69. The molecule has 0 saturated heterocycles. The summed E-state index contributed by atoms with van der Waals surface area (Å²) in [5, 5.41) is 1.68. The van der Waals surface area contributed by atoms with Gasteiger partial charge in [0, 0.05) is 5.39 Å². The van der Waals surface area contributed by atoms with E-state index in [1.54, 1.807) is 0 Å². The minimum absolute atomic E-state index is 0.185. The lowest BCUT2D eigenvalue weighted by molar-refractivity contribution is 0.591. The highest BCUT2D eigenvalue weighted by molar-refractivity contribution is 7.13. The largest absolute Gasteiger partial charge is 0.180 e. The predicted molar refractivity (Wildman–Crippen MR) is 63.3 cm³/mol. The zero-order chi connectivity index (χ0) is 10.3. The van der Waals surface area contributed by atoms with E-state index >= 15 is 0 Å². The Balaban J connectivity index is 2.63. The molecule has 74 valence electrons. The molecule has 0 N–H and O–H groups in total. The van der Waals surface area contributed by atoms with Gasteiger partial charge in [0.15, 0.2) is 5.15 Å². The van der Waals surface area contributed by atoms with E-state index in [9.17, 15) is 0 Å². The maximum Gasteiger partial charge on any atom is 0.150 e. The smallest absolute Gasteiger partial charge is 0.150 e. The topological polar surface area (TPSA) is 12.9 Å². The number of hydrogen-bond donors (Lipinski definition) is 0. The fraction of sp³-hybridized carbons (Fsp3) is 0.364. The SMILES string of the molecule is CC(C)(C)c1ccc2c(Cl)nsc2c1. The summed E-state index contributed by atoms with van der Waals surface area (Å²) in [5.41, 5.74) is 1.51. The quantitative estimate of drug-likeness (QED) is 0.653. The van der Waals surface area contributed by atoms with Gasteiger partial charge in [-0.2, -0.15) is 4.37 Å². The average molecular weight is 226 g/mol. The minimum Gasteiger partial charge on any atom is -0.180 e. The summed E-state index contributed by atoms with van der Waals surface area (Å²) in [7, 11) is 0. The third-order valence-electron chi connectivity index (χ3n) is 2.29. The number of hydrogen-bond acceptors (Lipinski definition) is 2. The van der Waals surface area contributed by atoms with E-state index < -0.39 is 0 Å². The normalized spacial score (nSPS) is 12.3. The Hall–Kier alpha value is -0.600. The third kappa shape index (κ3) is 1.64. The molecule has 0 fully saturated rings. The standard InChI is InChI=1S/C11H12ClNS/c1-11(2,3)7-4-5-8-9(6-7)14-13-10(8)12/h4-6H,1-3H3. The van der Waals surface area contributed by atoms with Crippen molar-refractivity contribution in [3.05, 3.63) is 28.9 Å². The number of nitrogens with zero attached hydrogens (tertiary/aromatic N) is 1. The van der Waals surface area contributed by atoms with Crippen molar-refractivity contribution in [1.29, 1.82) is 0 Å². The van der Waals surface area contributed by atoms with Crippen LogP contribution in [0, 0.1) is 0 Å². The lowest BCUT2D eigenvalue weighted by Gasteiger charge is -2.18. The summed E-state index contributed by atoms with van der Waals surface area (Å²) >= 11 is 7.40. The summed E-state index contributed by atoms with van der Waals surface area (Å²) in [5.74, 6) is 0. The van der Waals surface area contributed by atoms with Crippen LogP contribution in [0.3, 0.4) is 0 Å². The number of aromatic nitrogens is 1. The van der Waals surface area contributed by atoms with Gasteiger partial charge in [0.25, 0.3) is 0 Å². The van der Waals surface area contributed by atoms with Crippen LogP contribution in [0.2, 0.25) is 5.15 Å². The molecule has 0 unspecified atom stereocenters. The molecular weight excluding hydrogens is 214 g/mol. The fourth-order valence-corrected chi connectivity index (χ4v) is 2.42. The van der Waals surface area contributed by atoms with Gasteiger partial charge in [-0.1, -0.05) is 44.5 Å². The van der Waals surface area contributed by atoms with E-state index in [0.717, 1.165) is 5.39 Å². The molecule has 0 bridgehead atoms. The summed E-state index contributed by atoms with van der Waals surface area (Å²) in [6.07, 6.45) is 0. The third-order valence-corrected chi connectivity index (χ3v) is 3.49. The first-order chi connectivity index (χ1) is 6.48. The van der Waals surface area contributed by atoms with Gasteiger partial charge in [-0.25, -0.2) is 0 Å². The molecule has 0 amide bonds. The molecule has 2 rings (SSSR count). The molecule has 2 aromatic rings. The molecule has 0 aliphatic carbocycles. The van der Waals surface area contributed by atoms with Crippen LogP contribution in [0.1, 0.15) is 26.3 Å². The van der Waals surface area contributed by atoms with Crippen molar-refractivity contribution in [2.75, 3.05) is 0 Å². The zero-order valence-corrected chi connectivity index (χ0v) is 10.0. The Morgan fingerprint density at radius 3 is 2.64 bits per heavy atom. The molecule has 0 aliphatic rings. The van der Waals surface area contributed by atoms with Crippen molar-refractivity contribution in [3.8, 4) is 0 Å². The Labute approximate surface area is 92.9 Å². The van der Waals surface area contributed by atoms with E-state index in [4.69, 9.17) is 11.6 Å². The predicted octanol–water partition coefficient (Wildman–Crippen LogP) is 4.25. The van der Waals surface area contributed by atoms with Crippen LogP contribution in [-0.4, -0.2) is 4.37 Å². The van der Waals surface area contributed by atoms with Gasteiger partial charge in [0.05, 0.1) is 4.70 Å². The van der Waals surface area contributed by atoms with Crippen LogP contribution < -0.4 is 0 Å². The lowest BCUT2D eigenvalue weighted by Crippen LogP contribution is -2.10. The van der Waals surface area contributed by atoms with Gasteiger partial charge in [-0.05, 0) is 28.6 Å². The highest BCUT2D eigenvalue weighted by Gasteiger charge is 2.15. The van der Waals surface area contributed by atoms with Crippen LogP contribution >= 0.6 is 23.1 Å². The van der Waals surface area contributed by atoms with E-state index in [2.05, 4.69) is 43.3 Å². The van der Waals surface area contributed by atoms with Crippen molar-refractivity contribution in [2.24, 2.45) is 0 Å². The van der Waals surface area contributed by atoms with Crippen LogP contribution in [0.5, 0.6) is 0 Å². The second kappa shape index (κ2) is 3.21. The van der Waals surface area contributed by atoms with Crippen LogP contribution in [-0.2, 0) is 5.41 Å². The molecule has 0 saturated carbocycles.